The first-order chi connectivity index (χ1) is 12.6. The molecule has 6 heteroatoms. The van der Waals surface area contributed by atoms with Crippen molar-refractivity contribution in [3.8, 4) is 0 Å². The summed E-state index contributed by atoms with van der Waals surface area (Å²) in [6, 6.07) is 0. The highest BCUT2D eigenvalue weighted by molar-refractivity contribution is 5.82. The van der Waals surface area contributed by atoms with Crippen LogP contribution >= 0.6 is 0 Å². The van der Waals surface area contributed by atoms with Gasteiger partial charge in [0, 0.05) is 18.5 Å². The van der Waals surface area contributed by atoms with Crippen molar-refractivity contribution in [2.75, 3.05) is 27.7 Å². The smallest absolute Gasteiger partial charge is 0.331 e. The number of carbonyl (C=O) groups excluding carboxylic acids is 2. The van der Waals surface area contributed by atoms with Crippen LogP contribution in [0, 0.1) is 0 Å². The van der Waals surface area contributed by atoms with Crippen LogP contribution in [-0.2, 0) is 14.3 Å². The Kier molecular flexibility index (Phi) is 13.9. The SMILES string of the molecule is CCCCCCCCCCC(O)/C=C/C(=O)OC(CC(=O)[O-])C[N+](C)(C)C. The standard InChI is InChI=1S/C21H39NO5/c1-5-6-7-8-9-10-11-12-13-18(23)14-15-21(26)27-19(16-20(24)25)17-22(2,3)4/h14-15,18-19,23H,5-13,16-17H2,1-4H3/b15-14+. The third-order valence-electron chi connectivity index (χ3n) is 4.24. The van der Waals surface area contributed by atoms with Crippen molar-refractivity contribution in [3.63, 3.8) is 0 Å². The molecular formula is C21H39NO5. The van der Waals surface area contributed by atoms with Crippen molar-refractivity contribution in [3.05, 3.63) is 12.2 Å². The van der Waals surface area contributed by atoms with Gasteiger partial charge in [0.1, 0.15) is 6.54 Å². The molecule has 0 aromatic carbocycles. The molecule has 0 aliphatic carbocycles. The number of hydrogen-bond donors (Lipinski definition) is 1. The average molecular weight is 386 g/mol. The predicted octanol–water partition coefficient (Wildman–Crippen LogP) is 2.19. The monoisotopic (exact) mass is 385 g/mol. The van der Waals surface area contributed by atoms with Gasteiger partial charge >= 0.3 is 5.97 Å². The Morgan fingerprint density at radius 1 is 1.04 bits per heavy atom. The molecule has 0 aromatic rings. The number of carboxylic acid groups (broad SMARTS) is 1. The van der Waals surface area contributed by atoms with E-state index in [9.17, 15) is 19.8 Å². The molecule has 27 heavy (non-hydrogen) atoms. The van der Waals surface area contributed by atoms with Gasteiger partial charge in [0.25, 0.3) is 0 Å². The fourth-order valence-corrected chi connectivity index (χ4v) is 2.92. The van der Waals surface area contributed by atoms with Crippen LogP contribution in [0.2, 0.25) is 0 Å². The second-order valence-electron chi connectivity index (χ2n) is 8.30. The summed E-state index contributed by atoms with van der Waals surface area (Å²) in [5.41, 5.74) is 0. The number of nitrogens with zero attached hydrogens (tertiary/aromatic N) is 1. The van der Waals surface area contributed by atoms with Crippen molar-refractivity contribution < 1.29 is 29.0 Å². The summed E-state index contributed by atoms with van der Waals surface area (Å²) in [6.45, 7) is 2.58. The Hall–Kier alpha value is -1.40. The molecule has 2 unspecified atom stereocenters. The molecule has 0 aromatic heterocycles. The van der Waals surface area contributed by atoms with E-state index in [1.165, 1.54) is 50.7 Å². The van der Waals surface area contributed by atoms with Crippen molar-refractivity contribution >= 4 is 11.9 Å². The third kappa shape index (κ3) is 17.8. The summed E-state index contributed by atoms with van der Waals surface area (Å²) in [4.78, 5) is 22.7. The van der Waals surface area contributed by atoms with Crippen LogP contribution in [-0.4, -0.2) is 61.4 Å². The molecular weight excluding hydrogens is 346 g/mol. The van der Waals surface area contributed by atoms with E-state index in [4.69, 9.17) is 4.74 Å². The summed E-state index contributed by atoms with van der Waals surface area (Å²) in [6.07, 6.45) is 11.0. The van der Waals surface area contributed by atoms with Gasteiger partial charge in [0.2, 0.25) is 0 Å². The Morgan fingerprint density at radius 2 is 1.59 bits per heavy atom. The number of likely N-dealkylation sites (N-methyl/N-ethyl adjacent to an activating group) is 1. The summed E-state index contributed by atoms with van der Waals surface area (Å²) in [5, 5.41) is 20.8. The molecule has 0 radical (unpaired) electrons. The molecule has 0 aliphatic rings. The number of unbranched alkanes of at least 4 members (excludes halogenated alkanes) is 7. The van der Waals surface area contributed by atoms with E-state index in [-0.39, 0.29) is 6.42 Å². The number of quaternary nitrogens is 1. The number of ether oxygens (including phenoxy) is 1. The van der Waals surface area contributed by atoms with Gasteiger partial charge in [-0.15, -0.1) is 0 Å². The summed E-state index contributed by atoms with van der Waals surface area (Å²) >= 11 is 0. The van der Waals surface area contributed by atoms with Gasteiger partial charge in [-0.3, -0.25) is 0 Å². The van der Waals surface area contributed by atoms with Crippen LogP contribution in [0.5, 0.6) is 0 Å². The zero-order valence-electron chi connectivity index (χ0n) is 17.6. The highest BCUT2D eigenvalue weighted by atomic mass is 16.5. The molecule has 0 spiro atoms. The van der Waals surface area contributed by atoms with Crippen molar-refractivity contribution in [1.29, 1.82) is 0 Å². The normalized spacial score (nSPS) is 14.3. The van der Waals surface area contributed by atoms with Crippen LogP contribution in [0.4, 0.5) is 0 Å². The maximum Gasteiger partial charge on any atom is 0.331 e. The minimum absolute atomic E-state index is 0.337. The maximum absolute atomic E-state index is 11.9. The molecule has 6 nitrogen and oxygen atoms in total. The Morgan fingerprint density at radius 3 is 2.11 bits per heavy atom. The second kappa shape index (κ2) is 14.6. The van der Waals surface area contributed by atoms with Gasteiger partial charge in [-0.05, 0) is 12.5 Å². The van der Waals surface area contributed by atoms with E-state index in [2.05, 4.69) is 6.92 Å². The number of esters is 1. The molecule has 0 saturated carbocycles. The van der Waals surface area contributed by atoms with Gasteiger partial charge in [-0.25, -0.2) is 4.79 Å². The molecule has 2 atom stereocenters. The van der Waals surface area contributed by atoms with Crippen molar-refractivity contribution in [2.45, 2.75) is 83.3 Å². The number of carbonyl (C=O) groups is 2. The Labute approximate surface area is 164 Å². The van der Waals surface area contributed by atoms with E-state index >= 15 is 0 Å². The number of carboxylic acids is 1. The largest absolute Gasteiger partial charge is 0.550 e. The zero-order chi connectivity index (χ0) is 20.7. The highest BCUT2D eigenvalue weighted by Gasteiger charge is 2.21. The minimum atomic E-state index is -1.25. The summed E-state index contributed by atoms with van der Waals surface area (Å²) in [7, 11) is 5.67. The van der Waals surface area contributed by atoms with Gasteiger partial charge in [-0.1, -0.05) is 58.3 Å². The van der Waals surface area contributed by atoms with Crippen LogP contribution in [0.1, 0.15) is 71.1 Å². The second-order valence-corrected chi connectivity index (χ2v) is 8.30. The van der Waals surface area contributed by atoms with E-state index in [1.807, 2.05) is 21.1 Å². The Balaban J connectivity index is 4.08. The molecule has 0 fully saturated rings. The first-order valence-electron chi connectivity index (χ1n) is 10.2. The minimum Gasteiger partial charge on any atom is -0.550 e. The van der Waals surface area contributed by atoms with Gasteiger partial charge < -0.3 is 24.2 Å². The maximum atomic E-state index is 11.9. The topological polar surface area (TPSA) is 86.7 Å². The predicted molar refractivity (Wildman–Crippen MR) is 105 cm³/mol. The third-order valence-corrected chi connectivity index (χ3v) is 4.24. The summed E-state index contributed by atoms with van der Waals surface area (Å²) in [5.74, 6) is -1.88. The fourth-order valence-electron chi connectivity index (χ4n) is 2.92. The number of aliphatic hydroxyl groups is 1. The quantitative estimate of drug-likeness (QED) is 0.190. The van der Waals surface area contributed by atoms with Gasteiger partial charge in [0.15, 0.2) is 6.10 Å². The number of aliphatic hydroxyl groups excluding tert-OH is 1. The molecule has 0 saturated heterocycles. The van der Waals surface area contributed by atoms with E-state index in [1.54, 1.807) is 0 Å². The van der Waals surface area contributed by atoms with Crippen LogP contribution < -0.4 is 5.11 Å². The average Bonchev–Trinajstić information content (AvgIpc) is 2.53. The lowest BCUT2D eigenvalue weighted by molar-refractivity contribution is -0.873. The van der Waals surface area contributed by atoms with Crippen LogP contribution in [0.15, 0.2) is 12.2 Å². The zero-order valence-corrected chi connectivity index (χ0v) is 17.6. The van der Waals surface area contributed by atoms with E-state index in [0.717, 1.165) is 12.8 Å². The van der Waals surface area contributed by atoms with Crippen LogP contribution in [0.25, 0.3) is 0 Å². The number of hydrogen-bond acceptors (Lipinski definition) is 5. The molecule has 0 aliphatic heterocycles. The van der Waals surface area contributed by atoms with Crippen molar-refractivity contribution in [1.82, 2.24) is 0 Å². The van der Waals surface area contributed by atoms with E-state index < -0.39 is 24.1 Å². The number of aliphatic carboxylic acids is 1. The lowest BCUT2D eigenvalue weighted by atomic mass is 10.1. The summed E-state index contributed by atoms with van der Waals surface area (Å²) < 4.78 is 5.67. The molecule has 0 amide bonds. The van der Waals surface area contributed by atoms with Crippen LogP contribution in [0.3, 0.4) is 0 Å². The van der Waals surface area contributed by atoms with Crippen molar-refractivity contribution in [2.24, 2.45) is 0 Å². The first kappa shape index (κ1) is 25.6. The highest BCUT2D eigenvalue weighted by Crippen LogP contribution is 2.11. The molecule has 0 rings (SSSR count). The Bertz CT molecular complexity index is 442. The first-order valence-corrected chi connectivity index (χ1v) is 10.2. The molecule has 158 valence electrons. The molecule has 0 bridgehead atoms. The fraction of sp³-hybridized carbons (Fsp3) is 0.810. The van der Waals surface area contributed by atoms with Gasteiger partial charge in [-0.2, -0.15) is 0 Å². The van der Waals surface area contributed by atoms with Gasteiger partial charge in [0.05, 0.1) is 27.2 Å². The molecule has 1 N–H and O–H groups in total. The number of rotatable bonds is 16. The van der Waals surface area contributed by atoms with E-state index in [0.29, 0.717) is 17.4 Å². The molecule has 0 heterocycles. The lowest BCUT2D eigenvalue weighted by Gasteiger charge is -2.29. The lowest BCUT2D eigenvalue weighted by Crippen LogP contribution is -2.45.